The van der Waals surface area contributed by atoms with Crippen molar-refractivity contribution < 1.29 is 52.8 Å². The number of phosphoric acid groups is 1. The van der Waals surface area contributed by atoms with E-state index in [1.165, 1.54) is 0 Å². The molecular formula is H4LiMnNiO4P. The molecule has 0 aromatic rings. The Labute approximate surface area is 79.2 Å². The van der Waals surface area contributed by atoms with Gasteiger partial charge in [0.25, 0.3) is 0 Å². The summed E-state index contributed by atoms with van der Waals surface area (Å²) >= 11 is 0. The van der Waals surface area contributed by atoms with Crippen molar-refractivity contribution in [2.45, 2.75) is 0 Å². The minimum absolute atomic E-state index is 0. The molecule has 51 valence electrons. The molecule has 1 radical (unpaired) electrons. The summed E-state index contributed by atoms with van der Waals surface area (Å²) in [5.41, 5.74) is 0. The van der Waals surface area contributed by atoms with Crippen molar-refractivity contribution in [2.24, 2.45) is 0 Å². The summed E-state index contributed by atoms with van der Waals surface area (Å²) in [4.78, 5) is 21.6. The third-order valence-electron chi connectivity index (χ3n) is 0. The molecule has 0 saturated carbocycles. The molecule has 8 heavy (non-hydrogen) atoms. The fourth-order valence-electron chi connectivity index (χ4n) is 0. The first-order chi connectivity index (χ1) is 2.00. The summed E-state index contributed by atoms with van der Waals surface area (Å²) in [5, 5.41) is 0. The summed E-state index contributed by atoms with van der Waals surface area (Å²) in [5.74, 6) is 0. The standard InChI is InChI=1S/Li.Mn.Ni.H3O4P.H/c;;;1-5(2,3)4;/h;;;(H3,1,2,3,4);. The van der Waals surface area contributed by atoms with Gasteiger partial charge in [-0.3, -0.25) is 0 Å². The Kier molecular flexibility index (Phi) is 24.6. The second-order valence-corrected chi connectivity index (χ2v) is 1.54. The zero-order valence-corrected chi connectivity index (χ0v) is 5.95. The van der Waals surface area contributed by atoms with Gasteiger partial charge in [-0.1, -0.05) is 0 Å². The van der Waals surface area contributed by atoms with Gasteiger partial charge in [0.1, 0.15) is 0 Å². The van der Waals surface area contributed by atoms with Crippen LogP contribution in [0.3, 0.4) is 0 Å². The molecule has 0 aliphatic carbocycles. The van der Waals surface area contributed by atoms with E-state index in [0.29, 0.717) is 0 Å². The summed E-state index contributed by atoms with van der Waals surface area (Å²) in [6.45, 7) is 0. The fourth-order valence-corrected chi connectivity index (χ4v) is 0. The smallest absolute Gasteiger partial charge is 0 e. The van der Waals surface area contributed by atoms with Gasteiger partial charge in [-0.05, 0) is 0 Å². The van der Waals surface area contributed by atoms with Gasteiger partial charge in [-0.2, -0.15) is 0 Å². The van der Waals surface area contributed by atoms with Crippen LogP contribution in [0.2, 0.25) is 0 Å². The van der Waals surface area contributed by atoms with Gasteiger partial charge in [0.05, 0.1) is 0 Å². The van der Waals surface area contributed by atoms with E-state index in [-0.39, 0.29) is 52.4 Å². The van der Waals surface area contributed by atoms with Crippen LogP contribution in [-0.4, -0.2) is 33.5 Å². The fraction of sp³-hybridized carbons (Fsp3) is 0. The van der Waals surface area contributed by atoms with Crippen LogP contribution >= 0.6 is 7.82 Å². The average molecular weight is 220 g/mol. The van der Waals surface area contributed by atoms with E-state index in [9.17, 15) is 0 Å². The van der Waals surface area contributed by atoms with Crippen LogP contribution in [0.5, 0.6) is 0 Å². The van der Waals surface area contributed by atoms with E-state index in [1.807, 2.05) is 0 Å². The van der Waals surface area contributed by atoms with Crippen molar-refractivity contribution in [3.8, 4) is 0 Å². The number of hydrogen-bond donors (Lipinski definition) is 3. The van der Waals surface area contributed by atoms with Crippen molar-refractivity contribution in [1.82, 2.24) is 0 Å². The molecule has 0 unspecified atom stereocenters. The molecule has 0 spiro atoms. The minimum atomic E-state index is -4.64. The Hall–Kier alpha value is 1.72. The van der Waals surface area contributed by atoms with E-state index in [1.54, 1.807) is 0 Å². The van der Waals surface area contributed by atoms with E-state index in [0.717, 1.165) is 0 Å². The second-order valence-electron chi connectivity index (χ2n) is 0.513. The van der Waals surface area contributed by atoms with Gasteiger partial charge in [-0.15, -0.1) is 0 Å². The van der Waals surface area contributed by atoms with Crippen molar-refractivity contribution >= 4 is 26.7 Å². The average Bonchev–Trinajstić information content (AvgIpc) is 0.722. The molecule has 0 aliphatic rings. The van der Waals surface area contributed by atoms with Crippen LogP contribution in [-0.2, 0) is 38.1 Å². The van der Waals surface area contributed by atoms with Crippen LogP contribution < -0.4 is 0 Å². The maximum Gasteiger partial charge on any atom is 0 e. The molecule has 0 amide bonds. The van der Waals surface area contributed by atoms with Crippen LogP contribution in [0.1, 0.15) is 0 Å². The molecule has 0 heterocycles. The molecule has 0 rings (SSSR count). The largest absolute Gasteiger partial charge is 0 e. The van der Waals surface area contributed by atoms with E-state index < -0.39 is 7.82 Å². The Morgan fingerprint density at radius 2 is 1.12 bits per heavy atom. The van der Waals surface area contributed by atoms with Gasteiger partial charge >= 0.3 is 26.7 Å². The predicted octanol–water partition coefficient (Wildman–Crippen LogP) is -1.58. The second kappa shape index (κ2) is 8.72. The quantitative estimate of drug-likeness (QED) is 0.339. The third kappa shape index (κ3) is 118. The summed E-state index contributed by atoms with van der Waals surface area (Å²) in [6, 6.07) is 0. The van der Waals surface area contributed by atoms with Crippen molar-refractivity contribution in [3.05, 3.63) is 0 Å². The zero-order valence-electron chi connectivity index (χ0n) is 2.89. The van der Waals surface area contributed by atoms with Crippen LogP contribution in [0, 0.1) is 0 Å². The Morgan fingerprint density at radius 3 is 1.12 bits per heavy atom. The van der Waals surface area contributed by atoms with Gasteiger partial charge < -0.3 is 14.7 Å². The normalized spacial score (nSPS) is 7.38. The van der Waals surface area contributed by atoms with Gasteiger partial charge in [0.2, 0.25) is 0 Å². The Bertz CT molecular complexity index is 62.2. The van der Waals surface area contributed by atoms with Crippen LogP contribution in [0.25, 0.3) is 0 Å². The van der Waals surface area contributed by atoms with E-state index in [4.69, 9.17) is 19.2 Å². The molecule has 0 saturated heterocycles. The van der Waals surface area contributed by atoms with Crippen molar-refractivity contribution in [3.63, 3.8) is 0 Å². The van der Waals surface area contributed by atoms with E-state index in [2.05, 4.69) is 0 Å². The van der Waals surface area contributed by atoms with Gasteiger partial charge in [0, 0.05) is 33.6 Å². The van der Waals surface area contributed by atoms with Gasteiger partial charge in [0.15, 0.2) is 0 Å². The molecule has 0 aromatic carbocycles. The van der Waals surface area contributed by atoms with Crippen LogP contribution in [0.4, 0.5) is 0 Å². The molecule has 0 atom stereocenters. The zero-order chi connectivity index (χ0) is 4.50. The van der Waals surface area contributed by atoms with Crippen LogP contribution in [0.15, 0.2) is 0 Å². The SMILES string of the molecule is O=P(O)(O)O.[LiH].[Mn].[Ni]. The topological polar surface area (TPSA) is 77.8 Å². The molecule has 0 bridgehead atoms. The molecular weight excluding hydrogens is 216 g/mol. The first-order valence-corrected chi connectivity index (χ1v) is 2.35. The Morgan fingerprint density at radius 1 is 1.12 bits per heavy atom. The molecule has 3 N–H and O–H groups in total. The van der Waals surface area contributed by atoms with Crippen molar-refractivity contribution in [2.75, 3.05) is 0 Å². The van der Waals surface area contributed by atoms with E-state index >= 15 is 0 Å². The Balaban J connectivity index is -0.0000000267. The maximum absolute atomic E-state index is 8.88. The predicted molar refractivity (Wildman–Crippen MR) is 21.4 cm³/mol. The number of hydrogen-bond acceptors (Lipinski definition) is 1. The summed E-state index contributed by atoms with van der Waals surface area (Å²) < 4.78 is 8.88. The molecule has 0 aliphatic heterocycles. The maximum atomic E-state index is 8.88. The molecule has 8 heteroatoms. The molecule has 0 aromatic heterocycles. The number of rotatable bonds is 0. The molecule has 0 fully saturated rings. The summed E-state index contributed by atoms with van der Waals surface area (Å²) in [6.07, 6.45) is 0. The summed E-state index contributed by atoms with van der Waals surface area (Å²) in [7, 11) is -4.64. The first kappa shape index (κ1) is 22.6. The first-order valence-electron chi connectivity index (χ1n) is 0.783. The van der Waals surface area contributed by atoms with Gasteiger partial charge in [-0.25, -0.2) is 4.57 Å². The third-order valence-corrected chi connectivity index (χ3v) is 0. The van der Waals surface area contributed by atoms with Crippen molar-refractivity contribution in [1.29, 1.82) is 0 Å². The molecule has 4 nitrogen and oxygen atoms in total. The minimum Gasteiger partial charge on any atom is 0 e. The monoisotopic (exact) mass is 219 g/mol.